The molecule has 1 aliphatic rings. The van der Waals surface area contributed by atoms with Gasteiger partial charge in [0.15, 0.2) is 0 Å². The molecule has 1 aliphatic carbocycles. The zero-order valence-electron chi connectivity index (χ0n) is 11.7. The zero-order chi connectivity index (χ0) is 14.3. The smallest absolute Gasteiger partial charge is 0.241 e. The highest BCUT2D eigenvalue weighted by Gasteiger charge is 2.42. The van der Waals surface area contributed by atoms with Gasteiger partial charge in [-0.1, -0.05) is 17.7 Å². The molecular weight excluding hydrogens is 262 g/mol. The maximum Gasteiger partial charge on any atom is 0.241 e. The molecule has 0 radical (unpaired) electrons. The fourth-order valence-electron chi connectivity index (χ4n) is 2.48. The molecule has 1 saturated carbocycles. The van der Waals surface area contributed by atoms with Crippen molar-refractivity contribution in [2.24, 2.45) is 5.41 Å². The molecule has 1 fully saturated rings. The summed E-state index contributed by atoms with van der Waals surface area (Å²) in [5, 5.41) is 9.23. The monoisotopic (exact) mass is 283 g/mol. The van der Waals surface area contributed by atoms with Crippen LogP contribution < -0.4 is 4.72 Å². The molecule has 106 valence electrons. The number of benzene rings is 1. The number of rotatable bonds is 5. The van der Waals surface area contributed by atoms with Crippen LogP contribution in [0.25, 0.3) is 0 Å². The molecule has 5 heteroatoms. The Balaban J connectivity index is 2.25. The first-order valence-corrected chi connectivity index (χ1v) is 7.96. The van der Waals surface area contributed by atoms with Gasteiger partial charge in [0.2, 0.25) is 10.0 Å². The Morgan fingerprint density at radius 3 is 2.16 bits per heavy atom. The number of sulfonamides is 1. The lowest BCUT2D eigenvalue weighted by molar-refractivity contribution is 0.213. The lowest BCUT2D eigenvalue weighted by Gasteiger charge is -2.16. The molecule has 0 amide bonds. The van der Waals surface area contributed by atoms with Gasteiger partial charge in [-0.25, -0.2) is 13.1 Å². The molecule has 0 heterocycles. The third kappa shape index (κ3) is 2.99. The van der Waals surface area contributed by atoms with Crippen molar-refractivity contribution >= 4 is 10.0 Å². The van der Waals surface area contributed by atoms with Crippen LogP contribution in [0.15, 0.2) is 17.0 Å². The molecule has 0 bridgehead atoms. The van der Waals surface area contributed by atoms with Crippen LogP contribution in [0.4, 0.5) is 0 Å². The summed E-state index contributed by atoms with van der Waals surface area (Å²) in [5.74, 6) is 0. The SMILES string of the molecule is Cc1cc(C)c(S(=O)(=O)NCC2(CO)CC2)c(C)c1. The van der Waals surface area contributed by atoms with Crippen molar-refractivity contribution < 1.29 is 13.5 Å². The molecule has 0 atom stereocenters. The van der Waals surface area contributed by atoms with Gasteiger partial charge in [0.1, 0.15) is 0 Å². The van der Waals surface area contributed by atoms with Gasteiger partial charge in [-0.15, -0.1) is 0 Å². The Hall–Kier alpha value is -0.910. The van der Waals surface area contributed by atoms with E-state index in [1.807, 2.05) is 32.9 Å². The minimum Gasteiger partial charge on any atom is -0.396 e. The number of aliphatic hydroxyl groups is 1. The summed E-state index contributed by atoms with van der Waals surface area (Å²) in [6.45, 7) is 5.94. The fraction of sp³-hybridized carbons (Fsp3) is 0.571. The van der Waals surface area contributed by atoms with Gasteiger partial charge in [-0.2, -0.15) is 0 Å². The molecule has 0 saturated heterocycles. The summed E-state index contributed by atoms with van der Waals surface area (Å²) >= 11 is 0. The van der Waals surface area contributed by atoms with E-state index in [0.29, 0.717) is 11.4 Å². The summed E-state index contributed by atoms with van der Waals surface area (Å²) in [4.78, 5) is 0.367. The van der Waals surface area contributed by atoms with Crippen molar-refractivity contribution in [2.45, 2.75) is 38.5 Å². The molecule has 19 heavy (non-hydrogen) atoms. The predicted molar refractivity (Wildman–Crippen MR) is 74.6 cm³/mol. The van der Waals surface area contributed by atoms with Crippen LogP contribution in [-0.4, -0.2) is 26.7 Å². The maximum absolute atomic E-state index is 12.4. The molecule has 2 N–H and O–H groups in total. The Labute approximate surface area is 114 Å². The average molecular weight is 283 g/mol. The van der Waals surface area contributed by atoms with Crippen LogP contribution in [0.2, 0.25) is 0 Å². The normalized spacial score (nSPS) is 17.5. The quantitative estimate of drug-likeness (QED) is 0.863. The van der Waals surface area contributed by atoms with Crippen LogP contribution in [0.5, 0.6) is 0 Å². The molecule has 0 aliphatic heterocycles. The molecule has 0 unspecified atom stereocenters. The molecule has 1 aromatic carbocycles. The molecule has 2 rings (SSSR count). The first kappa shape index (κ1) is 14.5. The molecule has 4 nitrogen and oxygen atoms in total. The van der Waals surface area contributed by atoms with Crippen molar-refractivity contribution in [3.63, 3.8) is 0 Å². The van der Waals surface area contributed by atoms with Gasteiger partial charge < -0.3 is 5.11 Å². The second kappa shape index (κ2) is 4.89. The minimum atomic E-state index is -3.50. The fourth-order valence-corrected chi connectivity index (χ4v) is 4.08. The van der Waals surface area contributed by atoms with Crippen LogP contribution >= 0.6 is 0 Å². The summed E-state index contributed by atoms with van der Waals surface area (Å²) in [6, 6.07) is 3.75. The van der Waals surface area contributed by atoms with Crippen molar-refractivity contribution in [2.75, 3.05) is 13.2 Å². The first-order chi connectivity index (χ1) is 8.80. The van der Waals surface area contributed by atoms with E-state index in [1.165, 1.54) is 0 Å². The summed E-state index contributed by atoms with van der Waals surface area (Å²) in [6.07, 6.45) is 1.77. The predicted octanol–water partition coefficient (Wildman–Crippen LogP) is 1.66. The van der Waals surface area contributed by atoms with E-state index >= 15 is 0 Å². The highest BCUT2D eigenvalue weighted by atomic mass is 32.2. The number of hydrogen-bond acceptors (Lipinski definition) is 3. The minimum absolute atomic E-state index is 0.0430. The summed E-state index contributed by atoms with van der Waals surface area (Å²) in [5.41, 5.74) is 2.36. The Morgan fingerprint density at radius 2 is 1.74 bits per heavy atom. The Morgan fingerprint density at radius 1 is 1.21 bits per heavy atom. The van der Waals surface area contributed by atoms with Crippen LogP contribution in [0.3, 0.4) is 0 Å². The van der Waals surface area contributed by atoms with Gasteiger partial charge >= 0.3 is 0 Å². The van der Waals surface area contributed by atoms with Gasteiger partial charge in [-0.05, 0) is 44.7 Å². The van der Waals surface area contributed by atoms with Crippen LogP contribution in [-0.2, 0) is 10.0 Å². The van der Waals surface area contributed by atoms with E-state index in [2.05, 4.69) is 4.72 Å². The van der Waals surface area contributed by atoms with Crippen LogP contribution in [0.1, 0.15) is 29.5 Å². The van der Waals surface area contributed by atoms with E-state index in [-0.39, 0.29) is 12.0 Å². The van der Waals surface area contributed by atoms with E-state index in [9.17, 15) is 13.5 Å². The molecule has 0 spiro atoms. The van der Waals surface area contributed by atoms with Gasteiger partial charge in [0.05, 0.1) is 4.90 Å². The Bertz CT molecular complexity index is 566. The van der Waals surface area contributed by atoms with Crippen molar-refractivity contribution in [1.29, 1.82) is 0 Å². The van der Waals surface area contributed by atoms with Crippen molar-refractivity contribution in [3.8, 4) is 0 Å². The molecule has 0 aromatic heterocycles. The number of aryl methyl sites for hydroxylation is 3. The largest absolute Gasteiger partial charge is 0.396 e. The zero-order valence-corrected chi connectivity index (χ0v) is 12.5. The van der Waals surface area contributed by atoms with Gasteiger partial charge in [-0.3, -0.25) is 0 Å². The number of nitrogens with one attached hydrogen (secondary N) is 1. The molecular formula is C14H21NO3S. The Kier molecular flexibility index (Phi) is 3.73. The first-order valence-electron chi connectivity index (χ1n) is 6.48. The highest BCUT2D eigenvalue weighted by Crippen LogP contribution is 2.44. The summed E-state index contributed by atoms with van der Waals surface area (Å²) in [7, 11) is -3.50. The second-order valence-electron chi connectivity index (χ2n) is 5.71. The topological polar surface area (TPSA) is 66.4 Å². The lowest BCUT2D eigenvalue weighted by atomic mass is 10.1. The van der Waals surface area contributed by atoms with Crippen molar-refractivity contribution in [3.05, 3.63) is 28.8 Å². The van der Waals surface area contributed by atoms with Gasteiger partial charge in [0.25, 0.3) is 0 Å². The average Bonchev–Trinajstić information content (AvgIpc) is 3.05. The second-order valence-corrected chi connectivity index (χ2v) is 7.41. The van der Waals surface area contributed by atoms with E-state index in [1.54, 1.807) is 0 Å². The van der Waals surface area contributed by atoms with E-state index in [4.69, 9.17) is 0 Å². The van der Waals surface area contributed by atoms with Crippen molar-refractivity contribution in [1.82, 2.24) is 4.72 Å². The standard InChI is InChI=1S/C14H21NO3S/c1-10-6-11(2)13(12(3)7-10)19(17,18)15-8-14(9-16)4-5-14/h6-7,15-16H,4-5,8-9H2,1-3H3. The third-order valence-electron chi connectivity index (χ3n) is 3.80. The summed E-state index contributed by atoms with van der Waals surface area (Å²) < 4.78 is 27.4. The number of aliphatic hydroxyl groups excluding tert-OH is 1. The van der Waals surface area contributed by atoms with E-state index in [0.717, 1.165) is 29.5 Å². The van der Waals surface area contributed by atoms with E-state index < -0.39 is 10.0 Å². The highest BCUT2D eigenvalue weighted by molar-refractivity contribution is 7.89. The third-order valence-corrected chi connectivity index (χ3v) is 5.51. The molecule has 1 aromatic rings. The maximum atomic E-state index is 12.4. The lowest BCUT2D eigenvalue weighted by Crippen LogP contribution is -2.32. The van der Waals surface area contributed by atoms with Crippen LogP contribution in [0, 0.1) is 26.2 Å². The number of hydrogen-bond donors (Lipinski definition) is 2. The van der Waals surface area contributed by atoms with Gasteiger partial charge in [0, 0.05) is 18.6 Å².